The Balaban J connectivity index is 1.26. The van der Waals surface area contributed by atoms with Crippen LogP contribution in [0.25, 0.3) is 54.2 Å². The number of fused-ring (bicyclic) bond motifs is 11. The second-order valence-electron chi connectivity index (χ2n) is 15.1. The van der Waals surface area contributed by atoms with Crippen LogP contribution in [0.2, 0.25) is 0 Å². The van der Waals surface area contributed by atoms with E-state index in [0.717, 1.165) is 96.6 Å². The van der Waals surface area contributed by atoms with E-state index in [1.807, 2.05) is 0 Å². The van der Waals surface area contributed by atoms with Crippen LogP contribution in [0.3, 0.4) is 0 Å². The number of benzene rings is 8. The van der Waals surface area contributed by atoms with E-state index in [-0.39, 0.29) is 11.8 Å². The van der Waals surface area contributed by atoms with Crippen LogP contribution < -0.4 is 4.52 Å². The Bertz CT molecular complexity index is 2750. The molecule has 0 bridgehead atoms. The fourth-order valence-electron chi connectivity index (χ4n) is 10.1. The van der Waals surface area contributed by atoms with Crippen molar-refractivity contribution >= 4 is 50.9 Å². The molecular formula is C48H37O4P. The second kappa shape index (κ2) is 11.9. The molecule has 4 atom stereocenters. The molecule has 1 heterocycles. The molecule has 2 unspecified atom stereocenters. The van der Waals surface area contributed by atoms with Crippen molar-refractivity contribution < 1.29 is 18.5 Å². The van der Waals surface area contributed by atoms with Crippen molar-refractivity contribution in [2.24, 2.45) is 0 Å². The van der Waals surface area contributed by atoms with Crippen LogP contribution in [0.5, 0.6) is 5.75 Å². The molecule has 0 saturated carbocycles. The van der Waals surface area contributed by atoms with Crippen LogP contribution >= 0.6 is 7.82 Å². The summed E-state index contributed by atoms with van der Waals surface area (Å²) in [5, 5.41) is 9.01. The van der Waals surface area contributed by atoms with Crippen LogP contribution in [-0.2, 0) is 28.4 Å². The average molecular weight is 709 g/mol. The quantitative estimate of drug-likeness (QED) is 0.143. The lowest BCUT2D eigenvalue weighted by Gasteiger charge is -2.40. The fraction of sp³-hybridized carbons (Fsp3) is 0.167. The summed E-state index contributed by atoms with van der Waals surface area (Å²) in [5.41, 5.74) is 9.02. The molecular weight excluding hydrogens is 671 g/mol. The Morgan fingerprint density at radius 3 is 1.79 bits per heavy atom. The molecule has 0 amide bonds. The van der Waals surface area contributed by atoms with Gasteiger partial charge >= 0.3 is 7.82 Å². The van der Waals surface area contributed by atoms with Gasteiger partial charge in [-0.3, -0.25) is 9.42 Å². The topological polar surface area (TPSA) is 55.8 Å². The SMILES string of the molecule is O=P1(O)Oc2c(-c3c4ccccc4cc4ccccc34)cc3c(c2[C@H]2c4ccccc4CC(c4c5ccccc5cc5ccccc45)[C@H]2O1)CCCC3. The number of hydrogen-bond acceptors (Lipinski definition) is 3. The number of phosphoric ester groups is 1. The molecule has 258 valence electrons. The van der Waals surface area contributed by atoms with E-state index >= 15 is 0 Å². The summed E-state index contributed by atoms with van der Waals surface area (Å²) >= 11 is 0. The van der Waals surface area contributed by atoms with Crippen molar-refractivity contribution in [3.63, 3.8) is 0 Å². The van der Waals surface area contributed by atoms with E-state index in [4.69, 9.17) is 9.05 Å². The molecule has 4 nitrogen and oxygen atoms in total. The molecule has 3 aliphatic rings. The van der Waals surface area contributed by atoms with Crippen LogP contribution in [0.1, 0.15) is 58.1 Å². The van der Waals surface area contributed by atoms with Gasteiger partial charge in [0.15, 0.2) is 0 Å². The van der Waals surface area contributed by atoms with Gasteiger partial charge in [-0.15, -0.1) is 0 Å². The number of aryl methyl sites for hydroxylation is 1. The maximum atomic E-state index is 14.7. The Labute approximate surface area is 308 Å². The minimum atomic E-state index is -4.65. The highest BCUT2D eigenvalue weighted by molar-refractivity contribution is 7.47. The van der Waals surface area contributed by atoms with E-state index in [1.165, 1.54) is 16.7 Å². The summed E-state index contributed by atoms with van der Waals surface area (Å²) in [6.07, 6.45) is 4.03. The molecule has 5 heteroatoms. The lowest BCUT2D eigenvalue weighted by atomic mass is 9.66. The normalized spacial score (nSPS) is 22.1. The third kappa shape index (κ3) is 4.86. The predicted octanol–water partition coefficient (Wildman–Crippen LogP) is 12.2. The van der Waals surface area contributed by atoms with Gasteiger partial charge in [0, 0.05) is 28.5 Å². The van der Waals surface area contributed by atoms with Crippen LogP contribution in [0.15, 0.2) is 140 Å². The Morgan fingerprint density at radius 1 is 0.585 bits per heavy atom. The van der Waals surface area contributed by atoms with Crippen molar-refractivity contribution in [3.05, 3.63) is 173 Å². The van der Waals surface area contributed by atoms with E-state index in [2.05, 4.69) is 140 Å². The average Bonchev–Trinajstić information content (AvgIpc) is 3.32. The fourth-order valence-corrected chi connectivity index (χ4v) is 11.1. The maximum absolute atomic E-state index is 14.7. The number of phosphoric acid groups is 1. The summed E-state index contributed by atoms with van der Waals surface area (Å²) in [7, 11) is -4.65. The van der Waals surface area contributed by atoms with E-state index in [1.54, 1.807) is 0 Å². The summed E-state index contributed by atoms with van der Waals surface area (Å²) in [6.45, 7) is 0. The lowest BCUT2D eigenvalue weighted by molar-refractivity contribution is 0.107. The molecule has 0 spiro atoms. The zero-order valence-corrected chi connectivity index (χ0v) is 30.1. The monoisotopic (exact) mass is 708 g/mol. The molecule has 53 heavy (non-hydrogen) atoms. The molecule has 11 rings (SSSR count). The first-order valence-corrected chi connectivity index (χ1v) is 20.3. The molecule has 2 aliphatic carbocycles. The first-order chi connectivity index (χ1) is 26.0. The zero-order valence-electron chi connectivity index (χ0n) is 29.2. The van der Waals surface area contributed by atoms with Crippen molar-refractivity contribution in [2.45, 2.75) is 50.0 Å². The summed E-state index contributed by atoms with van der Waals surface area (Å²) < 4.78 is 27.9. The molecule has 0 fully saturated rings. The molecule has 1 N–H and O–H groups in total. The van der Waals surface area contributed by atoms with Crippen molar-refractivity contribution in [1.29, 1.82) is 0 Å². The largest absolute Gasteiger partial charge is 0.527 e. The Morgan fingerprint density at radius 2 is 1.13 bits per heavy atom. The van der Waals surface area contributed by atoms with Gasteiger partial charge < -0.3 is 4.52 Å². The molecule has 0 aromatic heterocycles. The summed E-state index contributed by atoms with van der Waals surface area (Å²) in [4.78, 5) is 12.0. The van der Waals surface area contributed by atoms with E-state index < -0.39 is 13.9 Å². The molecule has 8 aromatic carbocycles. The zero-order chi connectivity index (χ0) is 35.3. The highest BCUT2D eigenvalue weighted by atomic mass is 31.2. The van der Waals surface area contributed by atoms with Gasteiger partial charge in [0.05, 0.1) is 6.10 Å². The molecule has 0 saturated heterocycles. The van der Waals surface area contributed by atoms with Gasteiger partial charge in [-0.1, -0.05) is 121 Å². The van der Waals surface area contributed by atoms with Gasteiger partial charge in [0.25, 0.3) is 0 Å². The number of rotatable bonds is 2. The third-order valence-electron chi connectivity index (χ3n) is 12.2. The van der Waals surface area contributed by atoms with E-state index in [9.17, 15) is 9.46 Å². The van der Waals surface area contributed by atoms with Crippen molar-refractivity contribution in [2.75, 3.05) is 0 Å². The Kier molecular flexibility index (Phi) is 7.01. The second-order valence-corrected chi connectivity index (χ2v) is 16.4. The standard InChI is InChI=1S/C48H37O4P/c49-53(50)51-47-41(43-35-19-7-1-13-29(35)25-30-14-2-8-20-36(30)43)27-33-17-5-11-23-39(33)45(47)46-40-24-12-6-18-34(40)28-42(48(46)52-53)44-37-21-9-3-15-31(37)26-32-16-4-10-22-38(32)44/h1-5,7-11,13-17,19-23,25-26,28,41,45,47H,6,12,18,24,27H2,(H,49,50)/t41?,45-,47-/m1/s1. The first kappa shape index (κ1) is 31.3. The summed E-state index contributed by atoms with van der Waals surface area (Å²) in [6, 6.07) is 49.4. The van der Waals surface area contributed by atoms with Gasteiger partial charge in [-0.25, -0.2) is 4.57 Å². The van der Waals surface area contributed by atoms with Crippen molar-refractivity contribution in [1.82, 2.24) is 0 Å². The van der Waals surface area contributed by atoms with Crippen LogP contribution in [0, 0.1) is 0 Å². The highest BCUT2D eigenvalue weighted by Gasteiger charge is 2.50. The lowest BCUT2D eigenvalue weighted by Crippen LogP contribution is -2.35. The number of hydrogen-bond donors (Lipinski definition) is 1. The highest BCUT2D eigenvalue weighted by Crippen LogP contribution is 2.63. The molecule has 0 radical (unpaired) electrons. The van der Waals surface area contributed by atoms with Gasteiger partial charge in [-0.2, -0.15) is 0 Å². The van der Waals surface area contributed by atoms with Crippen molar-refractivity contribution in [3.8, 4) is 16.9 Å². The minimum Gasteiger partial charge on any atom is -0.403 e. The van der Waals surface area contributed by atoms with Gasteiger partial charge in [-0.05, 0) is 121 Å². The van der Waals surface area contributed by atoms with Gasteiger partial charge in [0.1, 0.15) is 5.75 Å². The minimum absolute atomic E-state index is 0.220. The predicted molar refractivity (Wildman–Crippen MR) is 215 cm³/mol. The maximum Gasteiger partial charge on any atom is 0.527 e. The molecule has 1 aliphatic heterocycles. The van der Waals surface area contributed by atoms with Gasteiger partial charge in [0.2, 0.25) is 0 Å². The van der Waals surface area contributed by atoms with Crippen LogP contribution in [0.4, 0.5) is 0 Å². The first-order valence-electron chi connectivity index (χ1n) is 18.8. The van der Waals surface area contributed by atoms with Crippen LogP contribution in [-0.4, -0.2) is 11.0 Å². The summed E-state index contributed by atoms with van der Waals surface area (Å²) in [5.74, 6) is -0.0559. The smallest absolute Gasteiger partial charge is 0.403 e. The molecule has 8 aromatic rings. The Hall–Kier alpha value is -5.25. The van der Waals surface area contributed by atoms with E-state index in [0.29, 0.717) is 12.2 Å². The third-order valence-corrected chi connectivity index (χ3v) is 13.1.